The number of thiazole rings is 1. The normalized spacial score (nSPS) is 12.2. The third-order valence-electron chi connectivity index (χ3n) is 4.97. The first-order valence-electron chi connectivity index (χ1n) is 10.4. The number of nitrogens with one attached hydrogen (secondary N) is 1. The zero-order chi connectivity index (χ0) is 25.9. The minimum Gasteiger partial charge on any atom is -0.306 e. The van der Waals surface area contributed by atoms with E-state index < -0.39 is 22.7 Å². The van der Waals surface area contributed by atoms with Crippen LogP contribution < -0.4 is 5.32 Å². The van der Waals surface area contributed by atoms with Gasteiger partial charge in [0.2, 0.25) is 0 Å². The molecule has 36 heavy (non-hydrogen) atoms. The Morgan fingerprint density at radius 2 is 1.92 bits per heavy atom. The largest absolute Gasteiger partial charge is 0.418 e. The van der Waals surface area contributed by atoms with Crippen LogP contribution in [0.1, 0.15) is 50.0 Å². The standard InChI is InChI=1S/C23H16ClF3N6O2S/c1-12(5-18(34)17-7-16(31-11-32-17)13-3-2-4-28-8-13)22-30-10-19(36-22)21(35)33-20-6-14(23(25,26)27)15(24)9-29-20/h2-4,6-12H,5H2,1H3,(H,29,33,35). The molecule has 4 rings (SSSR count). The number of ketones is 1. The molecule has 0 aliphatic carbocycles. The van der Waals surface area contributed by atoms with Gasteiger partial charge in [0, 0.05) is 36.5 Å². The number of alkyl halides is 3. The Balaban J connectivity index is 1.43. The van der Waals surface area contributed by atoms with E-state index in [-0.39, 0.29) is 34.5 Å². The molecule has 1 unspecified atom stereocenters. The minimum absolute atomic E-state index is 0.0751. The van der Waals surface area contributed by atoms with E-state index in [1.165, 1.54) is 12.5 Å². The number of aromatic nitrogens is 5. The number of halogens is 4. The van der Waals surface area contributed by atoms with Gasteiger partial charge < -0.3 is 5.32 Å². The fraction of sp³-hybridized carbons (Fsp3) is 0.174. The van der Waals surface area contributed by atoms with Crippen molar-refractivity contribution in [1.82, 2.24) is 24.9 Å². The van der Waals surface area contributed by atoms with Gasteiger partial charge in [0.1, 0.15) is 22.7 Å². The molecule has 0 fully saturated rings. The molecule has 0 spiro atoms. The molecule has 4 aromatic rings. The van der Waals surface area contributed by atoms with E-state index >= 15 is 0 Å². The van der Waals surface area contributed by atoms with E-state index in [1.54, 1.807) is 31.5 Å². The van der Waals surface area contributed by atoms with Crippen molar-refractivity contribution in [2.24, 2.45) is 0 Å². The minimum atomic E-state index is -4.69. The number of pyridine rings is 2. The van der Waals surface area contributed by atoms with E-state index in [2.05, 4.69) is 30.2 Å². The molecular weight excluding hydrogens is 517 g/mol. The van der Waals surface area contributed by atoms with E-state index in [9.17, 15) is 22.8 Å². The Bertz CT molecular complexity index is 1410. The fourth-order valence-electron chi connectivity index (χ4n) is 3.17. The summed E-state index contributed by atoms with van der Waals surface area (Å²) in [6.07, 6.45) is 2.06. The Hall–Kier alpha value is -3.77. The first-order chi connectivity index (χ1) is 17.1. The van der Waals surface area contributed by atoms with Crippen molar-refractivity contribution in [3.05, 3.63) is 81.5 Å². The number of Topliss-reactive ketones (excluding diaryl/α,β-unsaturated/α-hetero) is 1. The predicted molar refractivity (Wildman–Crippen MR) is 127 cm³/mol. The lowest BCUT2D eigenvalue weighted by Gasteiger charge is -2.10. The van der Waals surface area contributed by atoms with Crippen LogP contribution in [0.2, 0.25) is 5.02 Å². The predicted octanol–water partition coefficient (Wildman–Crippen LogP) is 5.69. The summed E-state index contributed by atoms with van der Waals surface area (Å²) in [4.78, 5) is 45.7. The van der Waals surface area contributed by atoms with Gasteiger partial charge in [0.15, 0.2) is 5.78 Å². The Morgan fingerprint density at radius 3 is 2.64 bits per heavy atom. The number of anilines is 1. The monoisotopic (exact) mass is 532 g/mol. The first kappa shape index (κ1) is 25.3. The number of carbonyl (C=O) groups excluding carboxylic acids is 2. The van der Waals surface area contributed by atoms with Crippen LogP contribution in [0.25, 0.3) is 11.3 Å². The number of nitrogens with zero attached hydrogens (tertiary/aromatic N) is 5. The topological polar surface area (TPSA) is 111 Å². The fourth-order valence-corrected chi connectivity index (χ4v) is 4.25. The van der Waals surface area contributed by atoms with Crippen molar-refractivity contribution >= 4 is 40.4 Å². The zero-order valence-electron chi connectivity index (χ0n) is 18.5. The highest BCUT2D eigenvalue weighted by Crippen LogP contribution is 2.35. The molecule has 0 saturated heterocycles. The van der Waals surface area contributed by atoms with Crippen LogP contribution in [0.5, 0.6) is 0 Å². The third-order valence-corrected chi connectivity index (χ3v) is 6.50. The van der Waals surface area contributed by atoms with Crippen LogP contribution in [-0.4, -0.2) is 36.6 Å². The molecular formula is C23H16ClF3N6O2S. The number of amides is 1. The van der Waals surface area contributed by atoms with Gasteiger partial charge in [0.25, 0.3) is 5.91 Å². The molecule has 0 aliphatic heterocycles. The summed E-state index contributed by atoms with van der Waals surface area (Å²) in [6.45, 7) is 1.78. The molecule has 0 saturated carbocycles. The molecule has 4 heterocycles. The van der Waals surface area contributed by atoms with Gasteiger partial charge in [-0.15, -0.1) is 11.3 Å². The van der Waals surface area contributed by atoms with Gasteiger partial charge in [-0.3, -0.25) is 14.6 Å². The summed E-state index contributed by atoms with van der Waals surface area (Å²) in [5.74, 6) is -1.56. The van der Waals surface area contributed by atoms with Gasteiger partial charge >= 0.3 is 6.18 Å². The van der Waals surface area contributed by atoms with Crippen LogP contribution in [0.3, 0.4) is 0 Å². The molecule has 0 bridgehead atoms. The molecule has 1 N–H and O–H groups in total. The maximum Gasteiger partial charge on any atom is 0.418 e. The van der Waals surface area contributed by atoms with E-state index in [0.717, 1.165) is 23.1 Å². The summed E-state index contributed by atoms with van der Waals surface area (Å²) in [5.41, 5.74) is 0.435. The smallest absolute Gasteiger partial charge is 0.306 e. The van der Waals surface area contributed by atoms with Crippen molar-refractivity contribution < 1.29 is 22.8 Å². The third kappa shape index (κ3) is 5.89. The molecule has 13 heteroatoms. The highest BCUT2D eigenvalue weighted by atomic mass is 35.5. The molecule has 1 amide bonds. The number of hydrogen-bond donors (Lipinski definition) is 1. The highest BCUT2D eigenvalue weighted by molar-refractivity contribution is 7.13. The maximum atomic E-state index is 13.0. The van der Waals surface area contributed by atoms with Crippen molar-refractivity contribution in [1.29, 1.82) is 0 Å². The quantitative estimate of drug-likeness (QED) is 0.304. The van der Waals surface area contributed by atoms with E-state index in [1.807, 2.05) is 6.07 Å². The van der Waals surface area contributed by atoms with Crippen LogP contribution in [0.4, 0.5) is 19.0 Å². The maximum absolute atomic E-state index is 13.0. The van der Waals surface area contributed by atoms with Crippen LogP contribution >= 0.6 is 22.9 Å². The van der Waals surface area contributed by atoms with Gasteiger partial charge in [-0.05, 0) is 24.3 Å². The first-order valence-corrected chi connectivity index (χ1v) is 11.6. The average molecular weight is 533 g/mol. The number of hydrogen-bond acceptors (Lipinski definition) is 8. The van der Waals surface area contributed by atoms with E-state index in [0.29, 0.717) is 16.8 Å². The SMILES string of the molecule is CC(CC(=O)c1cc(-c2cccnc2)ncn1)c1ncc(C(=O)Nc2cc(C(F)(F)F)c(Cl)cn2)s1. The second-order valence-electron chi connectivity index (χ2n) is 7.62. The molecule has 0 aliphatic rings. The van der Waals surface area contributed by atoms with Crippen molar-refractivity contribution in [3.8, 4) is 11.3 Å². The van der Waals surface area contributed by atoms with E-state index in [4.69, 9.17) is 11.6 Å². The molecule has 1 atom stereocenters. The lowest BCUT2D eigenvalue weighted by atomic mass is 10.0. The van der Waals surface area contributed by atoms with Crippen LogP contribution in [-0.2, 0) is 6.18 Å². The van der Waals surface area contributed by atoms with Gasteiger partial charge in [-0.1, -0.05) is 18.5 Å². The molecule has 0 radical (unpaired) electrons. The highest BCUT2D eigenvalue weighted by Gasteiger charge is 2.34. The average Bonchev–Trinajstić information content (AvgIpc) is 3.36. The summed E-state index contributed by atoms with van der Waals surface area (Å²) in [7, 11) is 0. The second-order valence-corrected chi connectivity index (χ2v) is 9.09. The van der Waals surface area contributed by atoms with Crippen LogP contribution in [0.15, 0.2) is 55.4 Å². The lowest BCUT2D eigenvalue weighted by molar-refractivity contribution is -0.137. The van der Waals surface area contributed by atoms with Crippen molar-refractivity contribution in [2.75, 3.05) is 5.32 Å². The summed E-state index contributed by atoms with van der Waals surface area (Å²) in [6, 6.07) is 5.82. The Morgan fingerprint density at radius 1 is 1.11 bits per heavy atom. The van der Waals surface area contributed by atoms with Gasteiger partial charge in [-0.25, -0.2) is 19.9 Å². The van der Waals surface area contributed by atoms with Crippen molar-refractivity contribution in [2.45, 2.75) is 25.4 Å². The summed E-state index contributed by atoms with van der Waals surface area (Å²) < 4.78 is 39.1. The number of rotatable bonds is 7. The van der Waals surface area contributed by atoms with Gasteiger partial charge in [0.05, 0.1) is 27.5 Å². The zero-order valence-corrected chi connectivity index (χ0v) is 20.0. The molecule has 184 valence electrons. The summed E-state index contributed by atoms with van der Waals surface area (Å²) >= 11 is 6.58. The number of carbonyl (C=O) groups is 2. The van der Waals surface area contributed by atoms with Crippen LogP contribution in [0, 0.1) is 0 Å². The second kappa shape index (κ2) is 10.5. The molecule has 8 nitrogen and oxygen atoms in total. The molecule has 0 aromatic carbocycles. The molecule has 4 aromatic heterocycles. The Kier molecular flexibility index (Phi) is 7.36. The lowest BCUT2D eigenvalue weighted by Crippen LogP contribution is -2.13. The van der Waals surface area contributed by atoms with Gasteiger partial charge in [-0.2, -0.15) is 13.2 Å². The summed E-state index contributed by atoms with van der Waals surface area (Å²) in [5, 5.41) is 2.25. The van der Waals surface area contributed by atoms with Crippen molar-refractivity contribution in [3.63, 3.8) is 0 Å². The Labute approximate surface area is 211 Å².